The summed E-state index contributed by atoms with van der Waals surface area (Å²) in [4.78, 5) is 15.7. The summed E-state index contributed by atoms with van der Waals surface area (Å²) in [5.41, 5.74) is 1.84. The van der Waals surface area contributed by atoms with Crippen molar-refractivity contribution in [2.45, 2.75) is 64.2 Å². The molecule has 4 fully saturated rings. The highest BCUT2D eigenvalue weighted by molar-refractivity contribution is 7.89. The van der Waals surface area contributed by atoms with Crippen LogP contribution in [0.4, 0.5) is 0 Å². The second kappa shape index (κ2) is 7.78. The molecule has 5 nitrogen and oxygen atoms in total. The fourth-order valence-electron chi connectivity index (χ4n) is 7.78. The van der Waals surface area contributed by atoms with E-state index in [9.17, 15) is 13.2 Å². The number of carbonyl (C=O) groups excluding carboxylic acids is 1. The van der Waals surface area contributed by atoms with Gasteiger partial charge in [-0.2, -0.15) is 4.31 Å². The molecule has 2 aliphatic carbocycles. The van der Waals surface area contributed by atoms with Crippen molar-refractivity contribution in [1.82, 2.24) is 9.21 Å². The molecule has 6 rings (SSSR count). The summed E-state index contributed by atoms with van der Waals surface area (Å²) in [6.07, 6.45) is 6.98. The Labute approximate surface area is 208 Å². The van der Waals surface area contributed by atoms with Gasteiger partial charge < -0.3 is 4.90 Å². The molecule has 1 spiro atoms. The molecule has 6 atom stereocenters. The number of hydrogen-bond acceptors (Lipinski definition) is 3. The predicted octanol–water partition coefficient (Wildman–Crippen LogP) is 4.88. The summed E-state index contributed by atoms with van der Waals surface area (Å²) in [5, 5.41) is 0. The molecule has 0 aromatic heterocycles. The van der Waals surface area contributed by atoms with Crippen LogP contribution < -0.4 is 0 Å². The summed E-state index contributed by atoms with van der Waals surface area (Å²) in [5.74, 6) is 0.630. The smallest absolute Gasteiger partial charge is 0.244 e. The van der Waals surface area contributed by atoms with E-state index in [4.69, 9.17) is 0 Å². The summed E-state index contributed by atoms with van der Waals surface area (Å²) < 4.78 is 29.1. The van der Waals surface area contributed by atoms with Crippen molar-refractivity contribution in [2.24, 2.45) is 16.7 Å². The van der Waals surface area contributed by atoms with Crippen molar-refractivity contribution in [3.05, 3.63) is 77.9 Å². The number of fused-ring (bicyclic) bond motifs is 1. The largest absolute Gasteiger partial charge is 0.326 e. The average molecular weight is 491 g/mol. The van der Waals surface area contributed by atoms with E-state index in [1.165, 1.54) is 0 Å². The lowest BCUT2D eigenvalue weighted by Crippen LogP contribution is -2.71. The van der Waals surface area contributed by atoms with Crippen LogP contribution in [0.1, 0.15) is 57.2 Å². The quantitative estimate of drug-likeness (QED) is 0.562. The maximum absolute atomic E-state index is 13.8. The molecular formula is C29H34N2O3S. The van der Waals surface area contributed by atoms with Gasteiger partial charge in [0.2, 0.25) is 15.9 Å². The highest BCUT2D eigenvalue weighted by atomic mass is 32.2. The van der Waals surface area contributed by atoms with Gasteiger partial charge >= 0.3 is 0 Å². The second-order valence-corrected chi connectivity index (χ2v) is 13.4. The Hall–Kier alpha value is -2.44. The van der Waals surface area contributed by atoms with Crippen LogP contribution in [0.5, 0.6) is 0 Å². The van der Waals surface area contributed by atoms with Gasteiger partial charge in [0.1, 0.15) is 6.04 Å². The zero-order valence-electron chi connectivity index (χ0n) is 20.7. The number of sulfonamides is 1. The highest BCUT2D eigenvalue weighted by Gasteiger charge is 2.74. The highest BCUT2D eigenvalue weighted by Crippen LogP contribution is 2.70. The Morgan fingerprint density at radius 1 is 1.03 bits per heavy atom. The van der Waals surface area contributed by atoms with E-state index in [2.05, 4.69) is 13.8 Å². The maximum Gasteiger partial charge on any atom is 0.244 e. The Bertz CT molecular complexity index is 1270. The molecular weight excluding hydrogens is 456 g/mol. The summed E-state index contributed by atoms with van der Waals surface area (Å²) in [6.45, 7) is 6.54. The first-order valence-electron chi connectivity index (χ1n) is 12.8. The van der Waals surface area contributed by atoms with E-state index in [0.29, 0.717) is 5.92 Å². The Kier molecular flexibility index (Phi) is 5.11. The number of likely N-dealkylation sites (tertiary alicyclic amines) is 1. The molecule has 2 bridgehead atoms. The Morgan fingerprint density at radius 2 is 1.69 bits per heavy atom. The van der Waals surface area contributed by atoms with Crippen LogP contribution in [0.3, 0.4) is 0 Å². The summed E-state index contributed by atoms with van der Waals surface area (Å²) >= 11 is 0. The van der Waals surface area contributed by atoms with Crippen LogP contribution in [0.15, 0.2) is 66.7 Å². The standard InChI is InChI=1S/C29H34N2O3S/c1-20(22-12-8-5-9-13-22)30-24(15-14-21-10-6-4-7-11-21)26(27(30)32)31-25-18-23-16-17-29(25,28(23,2)3)19-35(31,33)34/h4-15,20,23-26H,16-19H2,1-3H3. The van der Waals surface area contributed by atoms with Gasteiger partial charge in [0.15, 0.2) is 0 Å². The van der Waals surface area contributed by atoms with Crippen molar-refractivity contribution in [2.75, 3.05) is 5.75 Å². The van der Waals surface area contributed by atoms with E-state index in [1.807, 2.05) is 84.6 Å². The third kappa shape index (κ3) is 3.15. The second-order valence-electron chi connectivity index (χ2n) is 11.5. The number of hydrogen-bond donors (Lipinski definition) is 0. The molecule has 184 valence electrons. The Balaban J connectivity index is 1.39. The minimum atomic E-state index is -3.53. The van der Waals surface area contributed by atoms with Gasteiger partial charge in [-0.1, -0.05) is 86.7 Å². The number of rotatable bonds is 5. The van der Waals surface area contributed by atoms with Crippen molar-refractivity contribution in [3.63, 3.8) is 0 Å². The van der Waals surface area contributed by atoms with Crippen molar-refractivity contribution in [3.8, 4) is 0 Å². The van der Waals surface area contributed by atoms with E-state index in [-0.39, 0.29) is 40.6 Å². The van der Waals surface area contributed by atoms with Gasteiger partial charge in [-0.05, 0) is 48.6 Å². The number of β-lactam (4-membered cyclic amide) rings is 1. The number of amides is 1. The molecule has 6 unspecified atom stereocenters. The number of benzene rings is 2. The van der Waals surface area contributed by atoms with Gasteiger partial charge in [0.05, 0.1) is 17.8 Å². The zero-order chi connectivity index (χ0) is 24.6. The van der Waals surface area contributed by atoms with Crippen molar-refractivity contribution in [1.29, 1.82) is 0 Å². The molecule has 0 radical (unpaired) electrons. The Morgan fingerprint density at radius 3 is 2.34 bits per heavy atom. The van der Waals surface area contributed by atoms with Crippen molar-refractivity contribution < 1.29 is 13.2 Å². The molecule has 4 aliphatic rings. The molecule has 0 N–H and O–H groups in total. The lowest BCUT2D eigenvalue weighted by atomic mass is 9.68. The molecule has 1 amide bonds. The molecule has 2 saturated carbocycles. The average Bonchev–Trinajstić information content (AvgIpc) is 3.32. The van der Waals surface area contributed by atoms with Crippen LogP contribution >= 0.6 is 0 Å². The van der Waals surface area contributed by atoms with Gasteiger partial charge in [-0.3, -0.25) is 4.79 Å². The fraction of sp³-hybridized carbons (Fsp3) is 0.483. The monoisotopic (exact) mass is 490 g/mol. The third-order valence-corrected chi connectivity index (χ3v) is 11.9. The summed E-state index contributed by atoms with van der Waals surface area (Å²) in [7, 11) is -3.53. The molecule has 2 aromatic carbocycles. The first kappa shape index (κ1) is 23.0. The number of carbonyl (C=O) groups is 1. The maximum atomic E-state index is 13.8. The van der Waals surface area contributed by atoms with Gasteiger partial charge in [-0.15, -0.1) is 0 Å². The first-order valence-corrected chi connectivity index (χ1v) is 14.4. The molecule has 2 heterocycles. The van der Waals surface area contributed by atoms with E-state index >= 15 is 0 Å². The van der Waals surface area contributed by atoms with E-state index in [1.54, 1.807) is 4.31 Å². The summed E-state index contributed by atoms with van der Waals surface area (Å²) in [6, 6.07) is 18.8. The lowest BCUT2D eigenvalue weighted by Gasteiger charge is -2.53. The first-order chi connectivity index (χ1) is 16.7. The molecule has 35 heavy (non-hydrogen) atoms. The molecule has 6 heteroatoms. The predicted molar refractivity (Wildman–Crippen MR) is 138 cm³/mol. The fourth-order valence-corrected chi connectivity index (χ4v) is 10.5. The van der Waals surface area contributed by atoms with Crippen LogP contribution in [0.2, 0.25) is 0 Å². The van der Waals surface area contributed by atoms with Gasteiger partial charge in [-0.25, -0.2) is 8.42 Å². The van der Waals surface area contributed by atoms with E-state index < -0.39 is 16.1 Å². The van der Waals surface area contributed by atoms with Gasteiger partial charge in [0, 0.05) is 11.5 Å². The normalized spacial score (nSPS) is 35.9. The van der Waals surface area contributed by atoms with Gasteiger partial charge in [0.25, 0.3) is 0 Å². The van der Waals surface area contributed by atoms with E-state index in [0.717, 1.165) is 30.4 Å². The third-order valence-electron chi connectivity index (χ3n) is 9.87. The van der Waals surface area contributed by atoms with Crippen LogP contribution in [0, 0.1) is 16.7 Å². The number of nitrogens with zero attached hydrogens (tertiary/aromatic N) is 2. The topological polar surface area (TPSA) is 57.7 Å². The molecule has 2 saturated heterocycles. The SMILES string of the molecule is CC(c1ccccc1)N1C(=O)C(N2C3CC4CCC3(CS2(=O)=O)C4(C)C)C1C=Cc1ccccc1. The lowest BCUT2D eigenvalue weighted by molar-refractivity contribution is -0.158. The minimum Gasteiger partial charge on any atom is -0.326 e. The van der Waals surface area contributed by atoms with Crippen LogP contribution in [0.25, 0.3) is 6.08 Å². The zero-order valence-corrected chi connectivity index (χ0v) is 21.5. The molecule has 2 aromatic rings. The minimum absolute atomic E-state index is 0.0152. The van der Waals surface area contributed by atoms with Crippen LogP contribution in [-0.2, 0) is 14.8 Å². The molecule has 2 aliphatic heterocycles. The van der Waals surface area contributed by atoms with Crippen LogP contribution in [-0.4, -0.2) is 47.4 Å². The van der Waals surface area contributed by atoms with Crippen molar-refractivity contribution >= 4 is 22.0 Å².